The van der Waals surface area contributed by atoms with E-state index in [1.54, 1.807) is 0 Å². The Morgan fingerprint density at radius 1 is 0.844 bits per heavy atom. The Bertz CT molecular complexity index is 799. The standard InChI is InChI=1S/C24H32N2O6/c27-21(16-12-17(23(29)30)14-18(13-16)24(31)32)26-20(11-15-7-3-1-4-8-15)22(28)25-19-9-5-2-6-10-19/h1,3-4,7-8,16-20H,2,5-6,9-14H2,(H,25,28)(H,26,27)(H,29,30)(H,31,32)/t16-,17+,18-,20-/m0/s1. The Morgan fingerprint density at radius 3 is 1.97 bits per heavy atom. The van der Waals surface area contributed by atoms with E-state index in [1.807, 2.05) is 30.3 Å². The third-order valence-electron chi connectivity index (χ3n) is 6.64. The molecule has 0 bridgehead atoms. The quantitative estimate of drug-likeness (QED) is 0.487. The number of nitrogens with one attached hydrogen (secondary N) is 2. The minimum absolute atomic E-state index is 0.0179. The summed E-state index contributed by atoms with van der Waals surface area (Å²) in [6.45, 7) is 0. The maximum atomic E-state index is 13.1. The molecule has 2 fully saturated rings. The number of benzene rings is 1. The molecule has 2 amide bonds. The van der Waals surface area contributed by atoms with Crippen molar-refractivity contribution in [3.8, 4) is 0 Å². The molecular weight excluding hydrogens is 412 g/mol. The Kier molecular flexibility index (Phi) is 8.25. The molecule has 0 saturated heterocycles. The van der Waals surface area contributed by atoms with Crippen LogP contribution in [0.2, 0.25) is 0 Å². The van der Waals surface area contributed by atoms with Gasteiger partial charge in [-0.2, -0.15) is 0 Å². The summed E-state index contributed by atoms with van der Waals surface area (Å²) in [7, 11) is 0. The first kappa shape index (κ1) is 23.8. The van der Waals surface area contributed by atoms with Gasteiger partial charge in [0, 0.05) is 18.4 Å². The van der Waals surface area contributed by atoms with Crippen molar-refractivity contribution < 1.29 is 29.4 Å². The zero-order chi connectivity index (χ0) is 23.1. The molecule has 0 aliphatic heterocycles. The molecule has 8 heteroatoms. The van der Waals surface area contributed by atoms with Gasteiger partial charge in [-0.1, -0.05) is 49.6 Å². The van der Waals surface area contributed by atoms with E-state index in [1.165, 1.54) is 0 Å². The number of amides is 2. The van der Waals surface area contributed by atoms with Crippen LogP contribution in [0, 0.1) is 17.8 Å². The molecule has 1 aromatic rings. The van der Waals surface area contributed by atoms with Crippen molar-refractivity contribution >= 4 is 23.8 Å². The Balaban J connectivity index is 1.71. The van der Waals surface area contributed by atoms with Crippen molar-refractivity contribution in [2.75, 3.05) is 0 Å². The fourth-order valence-corrected chi connectivity index (χ4v) is 4.83. The molecule has 0 aromatic heterocycles. The molecule has 4 N–H and O–H groups in total. The van der Waals surface area contributed by atoms with Gasteiger partial charge in [-0.3, -0.25) is 19.2 Å². The summed E-state index contributed by atoms with van der Waals surface area (Å²) in [5.74, 6) is -5.43. The second-order valence-electron chi connectivity index (χ2n) is 9.07. The molecule has 1 aromatic carbocycles. The Labute approximate surface area is 187 Å². The number of hydrogen-bond donors (Lipinski definition) is 4. The number of hydrogen-bond acceptors (Lipinski definition) is 4. The maximum absolute atomic E-state index is 13.1. The van der Waals surface area contributed by atoms with Crippen LogP contribution in [0.3, 0.4) is 0 Å². The molecule has 0 heterocycles. The number of carbonyl (C=O) groups is 4. The van der Waals surface area contributed by atoms with Gasteiger partial charge in [0.15, 0.2) is 0 Å². The highest BCUT2D eigenvalue weighted by atomic mass is 16.4. The van der Waals surface area contributed by atoms with Crippen LogP contribution in [0.4, 0.5) is 0 Å². The van der Waals surface area contributed by atoms with Crippen LogP contribution in [-0.2, 0) is 25.6 Å². The minimum Gasteiger partial charge on any atom is -0.481 e. The number of aliphatic carboxylic acids is 2. The van der Waals surface area contributed by atoms with Crippen LogP contribution >= 0.6 is 0 Å². The van der Waals surface area contributed by atoms with E-state index in [0.717, 1.165) is 37.7 Å². The van der Waals surface area contributed by atoms with Crippen LogP contribution < -0.4 is 10.6 Å². The average Bonchev–Trinajstić information content (AvgIpc) is 2.79. The zero-order valence-electron chi connectivity index (χ0n) is 18.2. The fourth-order valence-electron chi connectivity index (χ4n) is 4.83. The molecule has 174 valence electrons. The first-order valence-electron chi connectivity index (χ1n) is 11.4. The number of carbonyl (C=O) groups excluding carboxylic acids is 2. The topological polar surface area (TPSA) is 133 Å². The summed E-state index contributed by atoms with van der Waals surface area (Å²) in [4.78, 5) is 49.1. The molecule has 3 rings (SSSR count). The highest BCUT2D eigenvalue weighted by Crippen LogP contribution is 2.34. The van der Waals surface area contributed by atoms with Gasteiger partial charge in [-0.25, -0.2) is 0 Å². The lowest BCUT2D eigenvalue weighted by molar-refractivity contribution is -0.150. The number of carboxylic acid groups (broad SMARTS) is 2. The van der Waals surface area contributed by atoms with Crippen molar-refractivity contribution in [1.82, 2.24) is 10.6 Å². The zero-order valence-corrected chi connectivity index (χ0v) is 18.2. The molecule has 8 nitrogen and oxygen atoms in total. The van der Waals surface area contributed by atoms with Crippen LogP contribution in [0.25, 0.3) is 0 Å². The van der Waals surface area contributed by atoms with Gasteiger partial charge < -0.3 is 20.8 Å². The minimum atomic E-state index is -1.09. The fraction of sp³-hybridized carbons (Fsp3) is 0.583. The van der Waals surface area contributed by atoms with E-state index in [-0.39, 0.29) is 31.2 Å². The van der Waals surface area contributed by atoms with Crippen molar-refractivity contribution in [3.63, 3.8) is 0 Å². The maximum Gasteiger partial charge on any atom is 0.306 e. The SMILES string of the molecule is O=C(O)[C@@H]1C[C@H](C(=O)O)C[C@H](C(=O)N[C@@H](Cc2ccccc2)C(=O)NC2CCCCC2)C1. The lowest BCUT2D eigenvalue weighted by Gasteiger charge is -2.31. The van der Waals surface area contributed by atoms with Crippen LogP contribution in [0.15, 0.2) is 30.3 Å². The van der Waals surface area contributed by atoms with Crippen LogP contribution in [0.5, 0.6) is 0 Å². The Morgan fingerprint density at radius 2 is 1.41 bits per heavy atom. The Hall–Kier alpha value is -2.90. The van der Waals surface area contributed by atoms with Crippen molar-refractivity contribution in [2.24, 2.45) is 17.8 Å². The largest absolute Gasteiger partial charge is 0.481 e. The van der Waals surface area contributed by atoms with E-state index in [4.69, 9.17) is 0 Å². The van der Waals surface area contributed by atoms with Gasteiger partial charge in [0.25, 0.3) is 0 Å². The molecule has 0 radical (unpaired) electrons. The van der Waals surface area contributed by atoms with E-state index < -0.39 is 41.6 Å². The molecule has 2 saturated carbocycles. The third kappa shape index (κ3) is 6.55. The number of rotatable bonds is 8. The molecule has 32 heavy (non-hydrogen) atoms. The van der Waals surface area contributed by atoms with Gasteiger partial charge in [0.2, 0.25) is 11.8 Å². The van der Waals surface area contributed by atoms with Crippen molar-refractivity contribution in [3.05, 3.63) is 35.9 Å². The predicted octanol–water partition coefficient (Wildman–Crippen LogP) is 2.36. The van der Waals surface area contributed by atoms with E-state index >= 15 is 0 Å². The van der Waals surface area contributed by atoms with E-state index in [2.05, 4.69) is 10.6 Å². The van der Waals surface area contributed by atoms with Gasteiger partial charge in [0.05, 0.1) is 11.8 Å². The summed E-state index contributed by atoms with van der Waals surface area (Å²) in [5, 5.41) is 24.7. The highest BCUT2D eigenvalue weighted by molar-refractivity contribution is 5.89. The lowest BCUT2D eigenvalue weighted by Crippen LogP contribution is -2.53. The first-order chi connectivity index (χ1) is 15.3. The third-order valence-corrected chi connectivity index (χ3v) is 6.64. The predicted molar refractivity (Wildman–Crippen MR) is 117 cm³/mol. The summed E-state index contributed by atoms with van der Waals surface area (Å²) in [6, 6.07) is 8.66. The smallest absolute Gasteiger partial charge is 0.306 e. The summed E-state index contributed by atoms with van der Waals surface area (Å²) in [6.07, 6.45) is 5.61. The first-order valence-corrected chi connectivity index (χ1v) is 11.4. The van der Waals surface area contributed by atoms with Crippen molar-refractivity contribution in [1.29, 1.82) is 0 Å². The van der Waals surface area contributed by atoms with Crippen molar-refractivity contribution in [2.45, 2.75) is 69.9 Å². The van der Waals surface area contributed by atoms with Crippen LogP contribution in [-0.4, -0.2) is 46.0 Å². The molecule has 4 atom stereocenters. The molecule has 2 aliphatic rings. The van der Waals surface area contributed by atoms with E-state index in [9.17, 15) is 29.4 Å². The van der Waals surface area contributed by atoms with E-state index in [0.29, 0.717) is 6.42 Å². The summed E-state index contributed by atoms with van der Waals surface area (Å²) in [5.41, 5.74) is 0.895. The van der Waals surface area contributed by atoms with Gasteiger partial charge in [-0.05, 0) is 37.7 Å². The van der Waals surface area contributed by atoms with Gasteiger partial charge in [0.1, 0.15) is 6.04 Å². The number of carboxylic acids is 2. The second kappa shape index (κ2) is 11.1. The summed E-state index contributed by atoms with van der Waals surface area (Å²) < 4.78 is 0. The summed E-state index contributed by atoms with van der Waals surface area (Å²) >= 11 is 0. The second-order valence-corrected chi connectivity index (χ2v) is 9.07. The average molecular weight is 445 g/mol. The molecule has 0 unspecified atom stereocenters. The molecule has 2 aliphatic carbocycles. The molecule has 0 spiro atoms. The lowest BCUT2D eigenvalue weighted by atomic mass is 9.74. The monoisotopic (exact) mass is 444 g/mol. The normalized spacial score (nSPS) is 24.8. The van der Waals surface area contributed by atoms with Gasteiger partial charge in [-0.15, -0.1) is 0 Å². The van der Waals surface area contributed by atoms with Gasteiger partial charge >= 0.3 is 11.9 Å². The highest BCUT2D eigenvalue weighted by Gasteiger charge is 2.40. The molecular formula is C24H32N2O6. The van der Waals surface area contributed by atoms with Crippen LogP contribution in [0.1, 0.15) is 56.9 Å².